The van der Waals surface area contributed by atoms with Gasteiger partial charge in [-0.05, 0) is 24.5 Å². The number of rotatable bonds is 6. The Balaban J connectivity index is 2.20. The van der Waals surface area contributed by atoms with E-state index in [0.29, 0.717) is 5.92 Å². The van der Waals surface area contributed by atoms with E-state index in [9.17, 15) is 0 Å². The number of nitrogens with two attached hydrogens (primary N) is 1. The number of fused-ring (bicyclic) bond motifs is 1. The van der Waals surface area contributed by atoms with Crippen molar-refractivity contribution in [1.29, 1.82) is 0 Å². The highest BCUT2D eigenvalue weighted by atomic mass is 16.5. The highest BCUT2D eigenvalue weighted by Gasteiger charge is 2.21. The minimum Gasteiger partial charge on any atom is -0.459 e. The van der Waals surface area contributed by atoms with Gasteiger partial charge >= 0.3 is 0 Å². The standard InChI is InChI=1S/C14H20N2O2/c1-10(7-8-17-2)14(16-15)13-9-11-5-3-4-6-12(11)18-13/h3-6,9-10,14,16H,7-8,15H2,1-2H3. The van der Waals surface area contributed by atoms with Gasteiger partial charge in [0.25, 0.3) is 0 Å². The predicted molar refractivity (Wildman–Crippen MR) is 71.9 cm³/mol. The average molecular weight is 248 g/mol. The van der Waals surface area contributed by atoms with Crippen molar-refractivity contribution in [1.82, 2.24) is 5.43 Å². The molecule has 2 aromatic rings. The van der Waals surface area contributed by atoms with E-state index in [4.69, 9.17) is 15.0 Å². The number of hydrogen-bond donors (Lipinski definition) is 2. The highest BCUT2D eigenvalue weighted by Crippen LogP contribution is 2.29. The molecule has 0 fully saturated rings. The quantitative estimate of drug-likeness (QED) is 0.609. The lowest BCUT2D eigenvalue weighted by Crippen LogP contribution is -2.32. The minimum atomic E-state index is 0.00699. The van der Waals surface area contributed by atoms with Gasteiger partial charge < -0.3 is 9.15 Å². The summed E-state index contributed by atoms with van der Waals surface area (Å²) >= 11 is 0. The van der Waals surface area contributed by atoms with Gasteiger partial charge in [0.05, 0.1) is 6.04 Å². The Labute approximate surface area is 107 Å². The van der Waals surface area contributed by atoms with E-state index >= 15 is 0 Å². The lowest BCUT2D eigenvalue weighted by Gasteiger charge is -2.20. The molecule has 3 N–H and O–H groups in total. The SMILES string of the molecule is COCCC(C)C(NN)c1cc2ccccc2o1. The van der Waals surface area contributed by atoms with Crippen LogP contribution in [-0.4, -0.2) is 13.7 Å². The number of nitrogens with one attached hydrogen (secondary N) is 1. The second-order valence-corrected chi connectivity index (χ2v) is 4.59. The number of benzene rings is 1. The van der Waals surface area contributed by atoms with Gasteiger partial charge in [0.1, 0.15) is 11.3 Å². The molecule has 4 heteroatoms. The molecule has 2 atom stereocenters. The van der Waals surface area contributed by atoms with E-state index in [1.165, 1.54) is 0 Å². The number of furan rings is 1. The zero-order chi connectivity index (χ0) is 13.0. The van der Waals surface area contributed by atoms with Crippen LogP contribution in [0.1, 0.15) is 25.1 Å². The van der Waals surface area contributed by atoms with Crippen molar-refractivity contribution in [2.45, 2.75) is 19.4 Å². The van der Waals surface area contributed by atoms with Crippen molar-refractivity contribution >= 4 is 11.0 Å². The molecule has 1 aromatic heterocycles. The number of ether oxygens (including phenoxy) is 1. The Morgan fingerprint density at radius 2 is 2.17 bits per heavy atom. The highest BCUT2D eigenvalue weighted by molar-refractivity contribution is 5.77. The topological polar surface area (TPSA) is 60.4 Å². The molecule has 0 saturated carbocycles. The summed E-state index contributed by atoms with van der Waals surface area (Å²) in [7, 11) is 1.71. The molecule has 0 aliphatic rings. The van der Waals surface area contributed by atoms with Gasteiger partial charge in [-0.25, -0.2) is 5.43 Å². The van der Waals surface area contributed by atoms with Crippen LogP contribution in [0.15, 0.2) is 34.7 Å². The molecule has 0 aliphatic heterocycles. The Hall–Kier alpha value is -1.36. The molecular formula is C14H20N2O2. The fourth-order valence-corrected chi connectivity index (χ4v) is 2.15. The summed E-state index contributed by atoms with van der Waals surface area (Å²) in [4.78, 5) is 0. The first kappa shape index (κ1) is 13.1. The van der Waals surface area contributed by atoms with Crippen molar-refractivity contribution in [2.24, 2.45) is 11.8 Å². The number of methoxy groups -OCH3 is 1. The van der Waals surface area contributed by atoms with Crippen molar-refractivity contribution < 1.29 is 9.15 Å². The average Bonchev–Trinajstić information content (AvgIpc) is 2.80. The van der Waals surface area contributed by atoms with E-state index in [0.717, 1.165) is 29.8 Å². The Morgan fingerprint density at radius 3 is 2.83 bits per heavy atom. The normalized spacial score (nSPS) is 14.8. The molecule has 0 radical (unpaired) electrons. The van der Waals surface area contributed by atoms with E-state index in [1.54, 1.807) is 7.11 Å². The second-order valence-electron chi connectivity index (χ2n) is 4.59. The van der Waals surface area contributed by atoms with Crippen LogP contribution in [-0.2, 0) is 4.74 Å². The molecule has 1 aromatic carbocycles. The lowest BCUT2D eigenvalue weighted by atomic mass is 9.97. The fraction of sp³-hybridized carbons (Fsp3) is 0.429. The number of hydrogen-bond acceptors (Lipinski definition) is 4. The maximum absolute atomic E-state index is 5.84. The number of para-hydroxylation sites is 1. The molecule has 0 bridgehead atoms. The largest absolute Gasteiger partial charge is 0.459 e. The summed E-state index contributed by atoms with van der Waals surface area (Å²) in [6.45, 7) is 2.86. The molecule has 2 rings (SSSR count). The number of hydrazine groups is 1. The van der Waals surface area contributed by atoms with E-state index in [1.807, 2.05) is 30.3 Å². The maximum atomic E-state index is 5.84. The lowest BCUT2D eigenvalue weighted by molar-refractivity contribution is 0.167. The smallest absolute Gasteiger partial charge is 0.134 e. The van der Waals surface area contributed by atoms with Crippen molar-refractivity contribution in [3.05, 3.63) is 36.1 Å². The molecule has 0 amide bonds. The Kier molecular flexibility index (Phi) is 4.36. The van der Waals surface area contributed by atoms with Crippen LogP contribution in [0, 0.1) is 5.92 Å². The summed E-state index contributed by atoms with van der Waals surface area (Å²) in [5.74, 6) is 6.87. The third-order valence-corrected chi connectivity index (χ3v) is 3.28. The van der Waals surface area contributed by atoms with Crippen LogP contribution in [0.4, 0.5) is 0 Å². The van der Waals surface area contributed by atoms with Crippen LogP contribution in [0.5, 0.6) is 0 Å². The third kappa shape index (κ3) is 2.72. The van der Waals surface area contributed by atoms with Crippen molar-refractivity contribution in [2.75, 3.05) is 13.7 Å². The van der Waals surface area contributed by atoms with Crippen molar-refractivity contribution in [3.8, 4) is 0 Å². The van der Waals surface area contributed by atoms with Gasteiger partial charge in [0.2, 0.25) is 0 Å². The molecule has 18 heavy (non-hydrogen) atoms. The predicted octanol–water partition coefficient (Wildman–Crippen LogP) is 2.61. The monoisotopic (exact) mass is 248 g/mol. The van der Waals surface area contributed by atoms with Gasteiger partial charge in [-0.2, -0.15) is 0 Å². The zero-order valence-corrected chi connectivity index (χ0v) is 10.8. The molecule has 0 saturated heterocycles. The molecule has 0 spiro atoms. The van der Waals surface area contributed by atoms with Crippen LogP contribution >= 0.6 is 0 Å². The molecular weight excluding hydrogens is 228 g/mol. The molecule has 0 aliphatic carbocycles. The van der Waals surface area contributed by atoms with Crippen LogP contribution in [0.25, 0.3) is 11.0 Å². The van der Waals surface area contributed by atoms with Crippen molar-refractivity contribution in [3.63, 3.8) is 0 Å². The third-order valence-electron chi connectivity index (χ3n) is 3.28. The van der Waals surface area contributed by atoms with E-state index in [-0.39, 0.29) is 6.04 Å². The first-order valence-corrected chi connectivity index (χ1v) is 6.19. The van der Waals surface area contributed by atoms with Crippen LogP contribution in [0.3, 0.4) is 0 Å². The van der Waals surface area contributed by atoms with E-state index < -0.39 is 0 Å². The summed E-state index contributed by atoms with van der Waals surface area (Å²) < 4.78 is 10.9. The minimum absolute atomic E-state index is 0.00699. The van der Waals surface area contributed by atoms with Gasteiger partial charge in [0.15, 0.2) is 0 Å². The Bertz CT molecular complexity index is 462. The van der Waals surface area contributed by atoms with E-state index in [2.05, 4.69) is 12.3 Å². The van der Waals surface area contributed by atoms with Crippen LogP contribution < -0.4 is 11.3 Å². The molecule has 4 nitrogen and oxygen atoms in total. The molecule has 1 heterocycles. The summed E-state index contributed by atoms with van der Waals surface area (Å²) in [5.41, 5.74) is 3.73. The Morgan fingerprint density at radius 1 is 1.39 bits per heavy atom. The van der Waals surface area contributed by atoms with Gasteiger partial charge in [-0.15, -0.1) is 0 Å². The molecule has 98 valence electrons. The van der Waals surface area contributed by atoms with Gasteiger partial charge in [-0.3, -0.25) is 5.84 Å². The first-order valence-electron chi connectivity index (χ1n) is 6.19. The second kappa shape index (κ2) is 6.00. The maximum Gasteiger partial charge on any atom is 0.134 e. The van der Waals surface area contributed by atoms with Crippen LogP contribution in [0.2, 0.25) is 0 Å². The fourth-order valence-electron chi connectivity index (χ4n) is 2.15. The summed E-state index contributed by atoms with van der Waals surface area (Å²) in [6, 6.07) is 10.0. The van der Waals surface area contributed by atoms with Gasteiger partial charge in [0, 0.05) is 19.1 Å². The summed E-state index contributed by atoms with van der Waals surface area (Å²) in [6.07, 6.45) is 0.933. The zero-order valence-electron chi connectivity index (χ0n) is 10.8. The first-order chi connectivity index (χ1) is 8.76. The molecule has 2 unspecified atom stereocenters. The van der Waals surface area contributed by atoms with Gasteiger partial charge in [-0.1, -0.05) is 25.1 Å². The summed E-state index contributed by atoms with van der Waals surface area (Å²) in [5, 5.41) is 1.10.